The molecule has 1 aromatic carbocycles. The fraction of sp³-hybridized carbons (Fsp3) is 0. The molecule has 0 radical (unpaired) electrons. The predicted octanol–water partition coefficient (Wildman–Crippen LogP) is 3.12. The highest BCUT2D eigenvalue weighted by atomic mass is 35.5. The largest absolute Gasteiger partial charge is 0.398 e. The highest BCUT2D eigenvalue weighted by Gasteiger charge is 2.01. The molecule has 0 unspecified atom stereocenters. The van der Waals surface area contributed by atoms with Crippen LogP contribution in [0.5, 0.6) is 0 Å². The number of benzene rings is 1. The molecule has 2 nitrogen and oxygen atoms in total. The first-order valence-electron chi connectivity index (χ1n) is 3.68. The van der Waals surface area contributed by atoms with Crippen LogP contribution in [0.1, 0.15) is 0 Å². The molecule has 0 aliphatic rings. The van der Waals surface area contributed by atoms with E-state index in [1.807, 2.05) is 6.07 Å². The lowest BCUT2D eigenvalue weighted by Crippen LogP contribution is -1.89. The smallest absolute Gasteiger partial charge is 0.131 e. The highest BCUT2D eigenvalue weighted by Crippen LogP contribution is 2.25. The van der Waals surface area contributed by atoms with Crippen molar-refractivity contribution in [2.75, 3.05) is 5.73 Å². The van der Waals surface area contributed by atoms with Crippen LogP contribution in [0.2, 0.25) is 10.2 Å². The maximum Gasteiger partial charge on any atom is 0.131 e. The lowest BCUT2D eigenvalue weighted by atomic mass is 10.2. The topological polar surface area (TPSA) is 38.9 Å². The molecule has 0 aliphatic carbocycles. The SMILES string of the molecule is Nc1cc(Cl)nc2cc(Cl)ccc12. The zero-order chi connectivity index (χ0) is 9.42. The summed E-state index contributed by atoms with van der Waals surface area (Å²) in [6.07, 6.45) is 0. The van der Waals surface area contributed by atoms with Crippen LogP contribution in [0.3, 0.4) is 0 Å². The molecule has 13 heavy (non-hydrogen) atoms. The normalized spacial score (nSPS) is 10.6. The van der Waals surface area contributed by atoms with Gasteiger partial charge >= 0.3 is 0 Å². The summed E-state index contributed by atoms with van der Waals surface area (Å²) in [5.41, 5.74) is 7.08. The van der Waals surface area contributed by atoms with Crippen molar-refractivity contribution in [3.05, 3.63) is 34.4 Å². The quantitative estimate of drug-likeness (QED) is 0.682. The van der Waals surface area contributed by atoms with Crippen LogP contribution in [0.15, 0.2) is 24.3 Å². The number of hydrogen-bond acceptors (Lipinski definition) is 2. The molecule has 0 fully saturated rings. The first kappa shape index (κ1) is 8.60. The van der Waals surface area contributed by atoms with Gasteiger partial charge in [0.05, 0.1) is 5.52 Å². The van der Waals surface area contributed by atoms with E-state index in [1.165, 1.54) is 0 Å². The summed E-state index contributed by atoms with van der Waals surface area (Å²) in [6.45, 7) is 0. The van der Waals surface area contributed by atoms with Gasteiger partial charge in [-0.15, -0.1) is 0 Å². The first-order valence-corrected chi connectivity index (χ1v) is 4.44. The van der Waals surface area contributed by atoms with Crippen molar-refractivity contribution in [1.82, 2.24) is 4.98 Å². The van der Waals surface area contributed by atoms with Crippen molar-refractivity contribution in [2.45, 2.75) is 0 Å². The Balaban J connectivity index is 2.86. The van der Waals surface area contributed by atoms with Gasteiger partial charge in [-0.3, -0.25) is 0 Å². The van der Waals surface area contributed by atoms with Crippen LogP contribution < -0.4 is 5.73 Å². The van der Waals surface area contributed by atoms with Gasteiger partial charge in [-0.2, -0.15) is 0 Å². The minimum Gasteiger partial charge on any atom is -0.398 e. The zero-order valence-electron chi connectivity index (χ0n) is 6.59. The van der Waals surface area contributed by atoms with Gasteiger partial charge in [-0.1, -0.05) is 23.2 Å². The number of aromatic nitrogens is 1. The molecule has 0 amide bonds. The average Bonchev–Trinajstić information content (AvgIpc) is 2.02. The van der Waals surface area contributed by atoms with Gasteiger partial charge in [0.2, 0.25) is 0 Å². The average molecular weight is 213 g/mol. The van der Waals surface area contributed by atoms with Crippen LogP contribution in [0.25, 0.3) is 10.9 Å². The highest BCUT2D eigenvalue weighted by molar-refractivity contribution is 6.32. The fourth-order valence-corrected chi connectivity index (χ4v) is 1.57. The van der Waals surface area contributed by atoms with Crippen LogP contribution in [-0.2, 0) is 0 Å². The number of pyridine rings is 1. The second kappa shape index (κ2) is 3.05. The Morgan fingerprint density at radius 2 is 1.92 bits per heavy atom. The van der Waals surface area contributed by atoms with E-state index in [1.54, 1.807) is 18.2 Å². The third-order valence-corrected chi connectivity index (χ3v) is 2.20. The van der Waals surface area contributed by atoms with E-state index in [9.17, 15) is 0 Å². The maximum absolute atomic E-state index is 5.80. The van der Waals surface area contributed by atoms with Crippen LogP contribution in [0, 0.1) is 0 Å². The van der Waals surface area contributed by atoms with E-state index in [0.29, 0.717) is 15.9 Å². The van der Waals surface area contributed by atoms with Gasteiger partial charge in [0.25, 0.3) is 0 Å². The molecule has 0 bridgehead atoms. The fourth-order valence-electron chi connectivity index (χ4n) is 1.19. The summed E-state index contributed by atoms with van der Waals surface area (Å²) in [6, 6.07) is 6.96. The third-order valence-electron chi connectivity index (χ3n) is 1.77. The Morgan fingerprint density at radius 3 is 2.69 bits per heavy atom. The van der Waals surface area contributed by atoms with Crippen molar-refractivity contribution >= 4 is 39.8 Å². The number of halogens is 2. The third kappa shape index (κ3) is 1.55. The number of nitrogens with zero attached hydrogens (tertiary/aromatic N) is 1. The summed E-state index contributed by atoms with van der Waals surface area (Å²) in [5.74, 6) is 0. The summed E-state index contributed by atoms with van der Waals surface area (Å²) in [4.78, 5) is 4.10. The Bertz CT molecular complexity index is 463. The molecule has 1 heterocycles. The lowest BCUT2D eigenvalue weighted by molar-refractivity contribution is 1.41. The standard InChI is InChI=1S/C9H6Cl2N2/c10-5-1-2-6-7(12)4-9(11)13-8(6)3-5/h1-4H,(H2,12,13). The first-order chi connectivity index (χ1) is 6.16. The van der Waals surface area contributed by atoms with Gasteiger partial charge < -0.3 is 5.73 Å². The number of hydrogen-bond donors (Lipinski definition) is 1. The second-order valence-electron chi connectivity index (χ2n) is 2.70. The van der Waals surface area contributed by atoms with E-state index in [-0.39, 0.29) is 0 Å². The number of anilines is 1. The molecule has 4 heteroatoms. The molecule has 0 spiro atoms. The van der Waals surface area contributed by atoms with E-state index >= 15 is 0 Å². The van der Waals surface area contributed by atoms with E-state index in [0.717, 1.165) is 10.9 Å². The summed E-state index contributed by atoms with van der Waals surface area (Å²) >= 11 is 11.5. The number of nitrogens with two attached hydrogens (primary N) is 1. The minimum absolute atomic E-state index is 0.382. The zero-order valence-corrected chi connectivity index (χ0v) is 8.10. The monoisotopic (exact) mass is 212 g/mol. The minimum atomic E-state index is 0.382. The molecule has 0 aliphatic heterocycles. The molecule has 66 valence electrons. The van der Waals surface area contributed by atoms with Gasteiger partial charge in [0.1, 0.15) is 5.15 Å². The Hall–Kier alpha value is -0.990. The Morgan fingerprint density at radius 1 is 1.15 bits per heavy atom. The molecular weight excluding hydrogens is 207 g/mol. The van der Waals surface area contributed by atoms with Crippen molar-refractivity contribution in [1.29, 1.82) is 0 Å². The molecule has 2 rings (SSSR count). The Labute approximate surface area is 85.3 Å². The van der Waals surface area contributed by atoms with E-state index in [2.05, 4.69) is 4.98 Å². The van der Waals surface area contributed by atoms with Crippen molar-refractivity contribution in [3.8, 4) is 0 Å². The van der Waals surface area contributed by atoms with E-state index in [4.69, 9.17) is 28.9 Å². The van der Waals surface area contributed by atoms with Gasteiger partial charge in [0.15, 0.2) is 0 Å². The summed E-state index contributed by atoms with van der Waals surface area (Å²) < 4.78 is 0. The second-order valence-corrected chi connectivity index (χ2v) is 3.52. The molecule has 0 saturated heterocycles. The van der Waals surface area contributed by atoms with Gasteiger partial charge in [0, 0.05) is 16.1 Å². The Kier molecular flexibility index (Phi) is 2.02. The molecular formula is C9H6Cl2N2. The number of nitrogen functional groups attached to an aromatic ring is 1. The van der Waals surface area contributed by atoms with Crippen molar-refractivity contribution in [3.63, 3.8) is 0 Å². The predicted molar refractivity (Wildman–Crippen MR) is 56.2 cm³/mol. The van der Waals surface area contributed by atoms with E-state index < -0.39 is 0 Å². The van der Waals surface area contributed by atoms with Crippen LogP contribution >= 0.6 is 23.2 Å². The molecule has 1 aromatic heterocycles. The number of rotatable bonds is 0. The molecule has 0 atom stereocenters. The maximum atomic E-state index is 5.80. The number of fused-ring (bicyclic) bond motifs is 1. The lowest BCUT2D eigenvalue weighted by Gasteiger charge is -2.01. The molecule has 0 saturated carbocycles. The summed E-state index contributed by atoms with van der Waals surface area (Å²) in [5, 5.41) is 1.88. The molecule has 2 N–H and O–H groups in total. The van der Waals surface area contributed by atoms with Crippen LogP contribution in [0.4, 0.5) is 5.69 Å². The van der Waals surface area contributed by atoms with Crippen LogP contribution in [-0.4, -0.2) is 4.98 Å². The van der Waals surface area contributed by atoms with Crippen molar-refractivity contribution < 1.29 is 0 Å². The van der Waals surface area contributed by atoms with Gasteiger partial charge in [-0.25, -0.2) is 4.98 Å². The molecule has 2 aromatic rings. The van der Waals surface area contributed by atoms with Gasteiger partial charge in [-0.05, 0) is 24.3 Å². The van der Waals surface area contributed by atoms with Crippen molar-refractivity contribution in [2.24, 2.45) is 0 Å². The summed E-state index contributed by atoms with van der Waals surface area (Å²) in [7, 11) is 0.